The number of aromatic nitrogens is 5. The van der Waals surface area contributed by atoms with Crippen molar-refractivity contribution < 1.29 is 0 Å². The number of pyridine rings is 2. The van der Waals surface area contributed by atoms with Crippen LogP contribution < -0.4 is 0 Å². The molecule has 4 aromatic heterocycles. The van der Waals surface area contributed by atoms with Crippen LogP contribution in [0.4, 0.5) is 0 Å². The highest BCUT2D eigenvalue weighted by Gasteiger charge is 2.14. The summed E-state index contributed by atoms with van der Waals surface area (Å²) in [7, 11) is 4.11. The van der Waals surface area contributed by atoms with E-state index in [0.717, 1.165) is 62.5 Å². The number of nitrogens with zero attached hydrogens (tertiary/aromatic N) is 5. The molecule has 5 rings (SSSR count). The van der Waals surface area contributed by atoms with Gasteiger partial charge in [-0.15, -0.1) is 0 Å². The lowest BCUT2D eigenvalue weighted by Gasteiger charge is -2.20. The second-order valence-corrected chi connectivity index (χ2v) is 9.76. The predicted octanol–water partition coefficient (Wildman–Crippen LogP) is 5.96. The monoisotopic (exact) mass is 489 g/mol. The fourth-order valence-electron chi connectivity index (χ4n) is 4.34. The minimum Gasteiger partial charge on any atom is -0.346 e. The molecule has 37 heavy (non-hydrogen) atoms. The molecule has 0 unspecified atom stereocenters. The Balaban J connectivity index is 1.43. The third-order valence-electron chi connectivity index (χ3n) is 6.67. The zero-order valence-electron chi connectivity index (χ0n) is 21.7. The Kier molecular flexibility index (Phi) is 6.88. The number of aryl methyl sites for hydroxylation is 1. The van der Waals surface area contributed by atoms with Gasteiger partial charge in [-0.25, -0.2) is 15.0 Å². The van der Waals surface area contributed by atoms with Gasteiger partial charge in [-0.3, -0.25) is 4.98 Å². The summed E-state index contributed by atoms with van der Waals surface area (Å²) in [4.78, 5) is 24.1. The summed E-state index contributed by atoms with van der Waals surface area (Å²) in [6, 6.07) is 18.7. The molecule has 0 aliphatic carbocycles. The van der Waals surface area contributed by atoms with E-state index >= 15 is 0 Å². The molecule has 0 aliphatic rings. The van der Waals surface area contributed by atoms with E-state index < -0.39 is 0 Å². The lowest BCUT2D eigenvalue weighted by atomic mass is 9.99. The van der Waals surface area contributed by atoms with E-state index in [1.165, 1.54) is 0 Å². The average molecular weight is 490 g/mol. The molecule has 1 atom stereocenters. The Hall–Kier alpha value is -4.23. The molecule has 0 bridgehead atoms. The lowest BCUT2D eigenvalue weighted by Crippen LogP contribution is -2.27. The van der Waals surface area contributed by atoms with E-state index in [1.807, 2.05) is 49.8 Å². The lowest BCUT2D eigenvalue weighted by molar-refractivity contribution is 0.320. The summed E-state index contributed by atoms with van der Waals surface area (Å²) in [5.74, 6) is 0.578. The van der Waals surface area contributed by atoms with Crippen LogP contribution in [-0.2, 0) is 6.42 Å². The molecule has 0 saturated carbocycles. The van der Waals surface area contributed by atoms with Gasteiger partial charge in [-0.1, -0.05) is 30.3 Å². The molecule has 0 spiro atoms. The first kappa shape index (κ1) is 24.5. The third-order valence-corrected chi connectivity index (χ3v) is 6.67. The SMILES string of the molecule is Cc1cccc(-c2nc(-c3cncc(-c4ccc(CC(=N)C[C@H](C)N(C)C)cc4)c3)c3cc[nH]c3n2)n1. The van der Waals surface area contributed by atoms with Crippen LogP contribution in [0.25, 0.3) is 44.9 Å². The highest BCUT2D eigenvalue weighted by molar-refractivity contribution is 5.92. The molecule has 5 aromatic rings. The van der Waals surface area contributed by atoms with Gasteiger partial charge in [0.25, 0.3) is 0 Å². The first-order valence-corrected chi connectivity index (χ1v) is 12.4. The fraction of sp³-hybridized carbons (Fsp3) is 0.233. The van der Waals surface area contributed by atoms with E-state index in [1.54, 1.807) is 0 Å². The van der Waals surface area contributed by atoms with Gasteiger partial charge in [0.05, 0.1) is 5.69 Å². The normalized spacial score (nSPS) is 12.2. The van der Waals surface area contributed by atoms with E-state index in [-0.39, 0.29) is 0 Å². The van der Waals surface area contributed by atoms with E-state index in [9.17, 15) is 0 Å². The van der Waals surface area contributed by atoms with Crippen LogP contribution in [-0.4, -0.2) is 55.7 Å². The van der Waals surface area contributed by atoms with Gasteiger partial charge in [0, 0.05) is 65.4 Å². The third kappa shape index (κ3) is 5.47. The van der Waals surface area contributed by atoms with Crippen molar-refractivity contribution in [3.05, 3.63) is 84.4 Å². The van der Waals surface area contributed by atoms with Crippen LogP contribution in [0.15, 0.2) is 73.2 Å². The van der Waals surface area contributed by atoms with Crippen molar-refractivity contribution in [3.63, 3.8) is 0 Å². The number of nitrogens with one attached hydrogen (secondary N) is 2. The van der Waals surface area contributed by atoms with Gasteiger partial charge in [0.1, 0.15) is 11.3 Å². The zero-order chi connectivity index (χ0) is 25.9. The highest BCUT2D eigenvalue weighted by Crippen LogP contribution is 2.30. The summed E-state index contributed by atoms with van der Waals surface area (Å²) in [6.45, 7) is 4.11. The van der Waals surface area contributed by atoms with Crippen molar-refractivity contribution >= 4 is 16.7 Å². The minimum atomic E-state index is 0.357. The van der Waals surface area contributed by atoms with E-state index in [4.69, 9.17) is 15.4 Å². The molecule has 186 valence electrons. The number of benzene rings is 1. The predicted molar refractivity (Wildman–Crippen MR) is 150 cm³/mol. The molecule has 0 fully saturated rings. The number of rotatable bonds is 8. The Morgan fingerprint density at radius 2 is 1.73 bits per heavy atom. The molecule has 1 aromatic carbocycles. The van der Waals surface area contributed by atoms with Crippen molar-refractivity contribution in [3.8, 4) is 33.9 Å². The fourth-order valence-corrected chi connectivity index (χ4v) is 4.34. The first-order chi connectivity index (χ1) is 17.9. The summed E-state index contributed by atoms with van der Waals surface area (Å²) in [5, 5.41) is 9.32. The maximum absolute atomic E-state index is 8.38. The molecule has 7 heteroatoms. The van der Waals surface area contributed by atoms with Gasteiger partial charge in [-0.05, 0) is 63.3 Å². The second kappa shape index (κ2) is 10.4. The number of fused-ring (bicyclic) bond motifs is 1. The topological polar surface area (TPSA) is 94.4 Å². The van der Waals surface area contributed by atoms with Crippen molar-refractivity contribution in [2.24, 2.45) is 0 Å². The Morgan fingerprint density at radius 3 is 2.49 bits per heavy atom. The summed E-state index contributed by atoms with van der Waals surface area (Å²) >= 11 is 0. The molecular weight excluding hydrogens is 458 g/mol. The van der Waals surface area contributed by atoms with Crippen molar-refractivity contribution in [1.29, 1.82) is 5.41 Å². The number of hydrogen-bond acceptors (Lipinski definition) is 6. The van der Waals surface area contributed by atoms with Crippen molar-refractivity contribution in [1.82, 2.24) is 29.8 Å². The molecule has 0 saturated heterocycles. The summed E-state index contributed by atoms with van der Waals surface area (Å²) < 4.78 is 0. The minimum absolute atomic E-state index is 0.357. The average Bonchev–Trinajstić information content (AvgIpc) is 3.37. The van der Waals surface area contributed by atoms with Gasteiger partial charge in [-0.2, -0.15) is 0 Å². The van der Waals surface area contributed by atoms with Crippen LogP contribution in [0, 0.1) is 12.3 Å². The quantitative estimate of drug-likeness (QED) is 0.262. The van der Waals surface area contributed by atoms with Crippen molar-refractivity contribution in [2.45, 2.75) is 32.7 Å². The number of hydrogen-bond donors (Lipinski definition) is 2. The molecule has 4 heterocycles. The maximum Gasteiger partial charge on any atom is 0.180 e. The van der Waals surface area contributed by atoms with Gasteiger partial charge < -0.3 is 15.3 Å². The molecule has 7 nitrogen and oxygen atoms in total. The smallest absolute Gasteiger partial charge is 0.180 e. The molecular formula is C30H31N7. The second-order valence-electron chi connectivity index (χ2n) is 9.76. The molecule has 2 N–H and O–H groups in total. The van der Waals surface area contributed by atoms with E-state index in [2.05, 4.69) is 71.2 Å². The standard InChI is InChI=1S/C30H31N7/c1-19-6-5-7-27(34-19)30-35-28(26-12-13-33-29(26)36-30)24-16-23(17-32-18-24)22-10-8-21(9-11-22)15-25(31)14-20(2)37(3)4/h5-13,16-18,20,31H,14-15H2,1-4H3,(H,33,35,36)/t20-/m0/s1. The highest BCUT2D eigenvalue weighted by atomic mass is 15.1. The van der Waals surface area contributed by atoms with Crippen LogP contribution in [0.2, 0.25) is 0 Å². The molecule has 0 amide bonds. The van der Waals surface area contributed by atoms with Crippen LogP contribution in [0.5, 0.6) is 0 Å². The Labute approximate surface area is 217 Å². The van der Waals surface area contributed by atoms with Gasteiger partial charge in [0.2, 0.25) is 0 Å². The van der Waals surface area contributed by atoms with Crippen LogP contribution in [0.1, 0.15) is 24.6 Å². The summed E-state index contributed by atoms with van der Waals surface area (Å²) in [6.07, 6.45) is 7.03. The Bertz CT molecular complexity index is 1550. The summed E-state index contributed by atoms with van der Waals surface area (Å²) in [5.41, 5.74) is 8.14. The molecule has 0 aliphatic heterocycles. The largest absolute Gasteiger partial charge is 0.346 e. The number of aromatic amines is 1. The molecule has 0 radical (unpaired) electrons. The Morgan fingerprint density at radius 1 is 0.946 bits per heavy atom. The van der Waals surface area contributed by atoms with Crippen LogP contribution in [0.3, 0.4) is 0 Å². The van der Waals surface area contributed by atoms with E-state index in [0.29, 0.717) is 18.3 Å². The van der Waals surface area contributed by atoms with Gasteiger partial charge >= 0.3 is 0 Å². The van der Waals surface area contributed by atoms with Crippen molar-refractivity contribution in [2.75, 3.05) is 14.1 Å². The van der Waals surface area contributed by atoms with Gasteiger partial charge in [0.15, 0.2) is 5.82 Å². The first-order valence-electron chi connectivity index (χ1n) is 12.4. The zero-order valence-corrected chi connectivity index (χ0v) is 21.7. The van der Waals surface area contributed by atoms with Crippen LogP contribution >= 0.6 is 0 Å². The number of H-pyrrole nitrogens is 1. The maximum atomic E-state index is 8.38.